The Morgan fingerprint density at radius 2 is 1.71 bits per heavy atom. The van der Waals surface area contributed by atoms with Gasteiger partial charge in [0.15, 0.2) is 0 Å². The van der Waals surface area contributed by atoms with Gasteiger partial charge in [0, 0.05) is 17.2 Å². The number of amides is 1. The van der Waals surface area contributed by atoms with Gasteiger partial charge in [-0.2, -0.15) is 18.2 Å². The maximum atomic E-state index is 12.5. The van der Waals surface area contributed by atoms with Crippen LogP contribution in [-0.4, -0.2) is 22.1 Å². The third-order valence-corrected chi connectivity index (χ3v) is 4.82. The second-order valence-electron chi connectivity index (χ2n) is 6.75. The molecule has 0 spiro atoms. The van der Waals surface area contributed by atoms with Crippen molar-refractivity contribution in [3.8, 4) is 11.4 Å². The van der Waals surface area contributed by atoms with E-state index in [4.69, 9.17) is 0 Å². The monoisotopic (exact) mass is 387 g/mol. The number of nitrogens with zero attached hydrogens (tertiary/aromatic N) is 2. The lowest BCUT2D eigenvalue weighted by Gasteiger charge is -2.36. The Morgan fingerprint density at radius 1 is 1.04 bits per heavy atom. The number of halogens is 3. The van der Waals surface area contributed by atoms with Gasteiger partial charge >= 0.3 is 12.1 Å². The number of rotatable bonds is 4. The zero-order chi connectivity index (χ0) is 19.7. The van der Waals surface area contributed by atoms with Crippen molar-refractivity contribution in [3.05, 3.63) is 71.6 Å². The average molecular weight is 387 g/mol. The number of carbonyl (C=O) groups excluding carboxylic acids is 1. The quantitative estimate of drug-likeness (QED) is 0.719. The van der Waals surface area contributed by atoms with Crippen LogP contribution in [0, 0.1) is 0 Å². The predicted octanol–water partition coefficient (Wildman–Crippen LogP) is 4.43. The summed E-state index contributed by atoms with van der Waals surface area (Å²) in [4.78, 5) is 15.7. The van der Waals surface area contributed by atoms with Gasteiger partial charge < -0.3 is 9.84 Å². The van der Waals surface area contributed by atoms with Gasteiger partial charge in [-0.3, -0.25) is 4.79 Å². The van der Waals surface area contributed by atoms with Crippen LogP contribution >= 0.6 is 0 Å². The van der Waals surface area contributed by atoms with E-state index in [-0.39, 0.29) is 17.8 Å². The van der Waals surface area contributed by atoms with Gasteiger partial charge in [0.25, 0.3) is 5.91 Å². The van der Waals surface area contributed by atoms with Crippen LogP contribution in [-0.2, 0) is 6.18 Å². The Labute approximate surface area is 158 Å². The zero-order valence-electron chi connectivity index (χ0n) is 14.6. The third-order valence-electron chi connectivity index (χ3n) is 4.82. The summed E-state index contributed by atoms with van der Waals surface area (Å²) in [7, 11) is 0. The van der Waals surface area contributed by atoms with Crippen molar-refractivity contribution in [3.63, 3.8) is 0 Å². The van der Waals surface area contributed by atoms with E-state index in [2.05, 4.69) is 32.1 Å². The topological polar surface area (TPSA) is 68.0 Å². The van der Waals surface area contributed by atoms with Crippen molar-refractivity contribution in [2.24, 2.45) is 0 Å². The lowest BCUT2D eigenvalue weighted by Crippen LogP contribution is -2.43. The Balaban J connectivity index is 1.35. The first-order valence-corrected chi connectivity index (χ1v) is 8.77. The molecule has 0 atom stereocenters. The number of carbonyl (C=O) groups is 1. The van der Waals surface area contributed by atoms with Crippen LogP contribution in [0.1, 0.15) is 40.6 Å². The standard InChI is InChI=1S/C20H16F3N3O2/c21-20(22,23)19-25-17(26-28-19)13-6-8-14(9-7-13)18(27)24-16-10-15(11-16)12-4-2-1-3-5-12/h1-9,15-16H,10-11H2,(H,24,27). The molecule has 2 aromatic carbocycles. The first-order valence-electron chi connectivity index (χ1n) is 8.77. The second-order valence-corrected chi connectivity index (χ2v) is 6.75. The Morgan fingerprint density at radius 3 is 2.32 bits per heavy atom. The highest BCUT2D eigenvalue weighted by atomic mass is 19.4. The molecular weight excluding hydrogens is 371 g/mol. The number of aromatic nitrogens is 2. The van der Waals surface area contributed by atoms with E-state index in [1.54, 1.807) is 0 Å². The molecule has 0 saturated heterocycles. The summed E-state index contributed by atoms with van der Waals surface area (Å²) in [5, 5.41) is 6.31. The average Bonchev–Trinajstić information content (AvgIpc) is 3.16. The van der Waals surface area contributed by atoms with E-state index < -0.39 is 12.1 Å². The molecule has 1 N–H and O–H groups in total. The summed E-state index contributed by atoms with van der Waals surface area (Å²) in [5.74, 6) is -1.34. The van der Waals surface area contributed by atoms with Gasteiger partial charge in [0.05, 0.1) is 0 Å². The molecule has 0 unspecified atom stereocenters. The third kappa shape index (κ3) is 3.76. The van der Waals surface area contributed by atoms with Crippen LogP contribution in [0.15, 0.2) is 59.1 Å². The number of alkyl halides is 3. The molecule has 1 amide bonds. The van der Waals surface area contributed by atoms with Crippen LogP contribution in [0.25, 0.3) is 11.4 Å². The predicted molar refractivity (Wildman–Crippen MR) is 94.4 cm³/mol. The molecule has 1 aliphatic carbocycles. The largest absolute Gasteiger partial charge is 0.471 e. The maximum Gasteiger partial charge on any atom is 0.471 e. The first kappa shape index (κ1) is 18.2. The summed E-state index contributed by atoms with van der Waals surface area (Å²) in [6, 6.07) is 16.3. The van der Waals surface area contributed by atoms with Gasteiger partial charge in [0.1, 0.15) is 0 Å². The van der Waals surface area contributed by atoms with Crippen molar-refractivity contribution in [2.75, 3.05) is 0 Å². The maximum absolute atomic E-state index is 12.5. The fraction of sp³-hybridized carbons (Fsp3) is 0.250. The van der Waals surface area contributed by atoms with Gasteiger partial charge in [-0.15, -0.1) is 0 Å². The molecule has 8 heteroatoms. The molecule has 3 aromatic rings. The first-order chi connectivity index (χ1) is 13.4. The molecule has 1 aliphatic rings. The van der Waals surface area contributed by atoms with Gasteiger partial charge in [-0.25, -0.2) is 0 Å². The van der Waals surface area contributed by atoms with Crippen molar-refractivity contribution < 1.29 is 22.5 Å². The summed E-state index contributed by atoms with van der Waals surface area (Å²) in [6.07, 6.45) is -2.92. The van der Waals surface area contributed by atoms with Crippen molar-refractivity contribution >= 4 is 5.91 Å². The summed E-state index contributed by atoms with van der Waals surface area (Å²) < 4.78 is 41.8. The summed E-state index contributed by atoms with van der Waals surface area (Å²) >= 11 is 0. The lowest BCUT2D eigenvalue weighted by molar-refractivity contribution is -0.159. The Bertz CT molecular complexity index is 962. The number of benzene rings is 2. The molecule has 1 aromatic heterocycles. The van der Waals surface area contributed by atoms with Crippen LogP contribution in [0.5, 0.6) is 0 Å². The number of hydrogen-bond donors (Lipinski definition) is 1. The summed E-state index contributed by atoms with van der Waals surface area (Å²) in [5.41, 5.74) is 2.03. The van der Waals surface area contributed by atoms with E-state index in [1.165, 1.54) is 29.8 Å². The van der Waals surface area contributed by atoms with Gasteiger partial charge in [0.2, 0.25) is 5.82 Å². The fourth-order valence-corrected chi connectivity index (χ4v) is 3.23. The molecule has 5 nitrogen and oxygen atoms in total. The van der Waals surface area contributed by atoms with Crippen molar-refractivity contribution in [2.45, 2.75) is 31.0 Å². The van der Waals surface area contributed by atoms with Crippen LogP contribution in [0.4, 0.5) is 13.2 Å². The highest BCUT2D eigenvalue weighted by molar-refractivity contribution is 5.94. The van der Waals surface area contributed by atoms with Crippen molar-refractivity contribution in [1.82, 2.24) is 15.5 Å². The summed E-state index contributed by atoms with van der Waals surface area (Å²) in [6.45, 7) is 0. The number of nitrogens with one attached hydrogen (secondary N) is 1. The molecule has 4 rings (SSSR count). The highest BCUT2D eigenvalue weighted by Crippen LogP contribution is 2.36. The SMILES string of the molecule is O=C(NC1CC(c2ccccc2)C1)c1ccc(-c2noc(C(F)(F)F)n2)cc1. The lowest BCUT2D eigenvalue weighted by atomic mass is 9.76. The molecule has 1 saturated carbocycles. The second kappa shape index (κ2) is 7.10. The molecule has 1 fully saturated rings. The molecular formula is C20H16F3N3O2. The van der Waals surface area contributed by atoms with E-state index in [0.29, 0.717) is 17.0 Å². The van der Waals surface area contributed by atoms with E-state index in [1.807, 2.05) is 18.2 Å². The van der Waals surface area contributed by atoms with E-state index >= 15 is 0 Å². The van der Waals surface area contributed by atoms with E-state index in [9.17, 15) is 18.0 Å². The van der Waals surface area contributed by atoms with Crippen LogP contribution in [0.3, 0.4) is 0 Å². The fourth-order valence-electron chi connectivity index (χ4n) is 3.23. The van der Waals surface area contributed by atoms with Gasteiger partial charge in [-0.05, 0) is 36.5 Å². The minimum Gasteiger partial charge on any atom is -0.349 e. The molecule has 144 valence electrons. The smallest absolute Gasteiger partial charge is 0.349 e. The normalized spacial score (nSPS) is 19.1. The van der Waals surface area contributed by atoms with Gasteiger partial charge in [-0.1, -0.05) is 47.6 Å². The minimum absolute atomic E-state index is 0.115. The van der Waals surface area contributed by atoms with Crippen LogP contribution < -0.4 is 5.32 Å². The van der Waals surface area contributed by atoms with E-state index in [0.717, 1.165) is 12.8 Å². The number of hydrogen-bond acceptors (Lipinski definition) is 4. The molecule has 28 heavy (non-hydrogen) atoms. The molecule has 0 radical (unpaired) electrons. The van der Waals surface area contributed by atoms with Crippen molar-refractivity contribution in [1.29, 1.82) is 0 Å². The Kier molecular flexibility index (Phi) is 4.62. The highest BCUT2D eigenvalue weighted by Gasteiger charge is 2.38. The minimum atomic E-state index is -4.69. The molecule has 0 aliphatic heterocycles. The van der Waals surface area contributed by atoms with Crippen LogP contribution in [0.2, 0.25) is 0 Å². The molecule has 1 heterocycles. The zero-order valence-corrected chi connectivity index (χ0v) is 14.6. The Hall–Kier alpha value is -3.16. The molecule has 0 bridgehead atoms.